The summed E-state index contributed by atoms with van der Waals surface area (Å²) in [6.45, 7) is 0.0160. The zero-order chi connectivity index (χ0) is 24.2. The van der Waals surface area contributed by atoms with E-state index in [0.29, 0.717) is 22.3 Å². The van der Waals surface area contributed by atoms with Crippen molar-refractivity contribution in [2.24, 2.45) is 13.0 Å². The SMILES string of the molecule is Cn1cc(-c2ccc(CC[C@@H](O)[C@H](CCn3nnc4c(Cl)cccc4c3=O)C(=O)O)cc2)cn1. The van der Waals surface area contributed by atoms with E-state index in [-0.39, 0.29) is 19.4 Å². The fourth-order valence-corrected chi connectivity index (χ4v) is 4.12. The van der Waals surface area contributed by atoms with Gasteiger partial charge < -0.3 is 10.2 Å². The summed E-state index contributed by atoms with van der Waals surface area (Å²) in [5.74, 6) is -2.16. The molecule has 0 radical (unpaired) electrons. The molecule has 9 nitrogen and oxygen atoms in total. The molecule has 34 heavy (non-hydrogen) atoms. The summed E-state index contributed by atoms with van der Waals surface area (Å²) < 4.78 is 2.84. The van der Waals surface area contributed by atoms with Crippen LogP contribution in [-0.2, 0) is 24.8 Å². The summed E-state index contributed by atoms with van der Waals surface area (Å²) in [6.07, 6.45) is 3.47. The molecule has 0 spiro atoms. The molecule has 0 aliphatic heterocycles. The predicted molar refractivity (Wildman–Crippen MR) is 128 cm³/mol. The number of hydrogen-bond acceptors (Lipinski definition) is 6. The van der Waals surface area contributed by atoms with Gasteiger partial charge in [-0.15, -0.1) is 5.10 Å². The highest BCUT2D eigenvalue weighted by molar-refractivity contribution is 6.34. The van der Waals surface area contributed by atoms with E-state index in [2.05, 4.69) is 15.4 Å². The first kappa shape index (κ1) is 23.6. The minimum Gasteiger partial charge on any atom is -0.481 e. The summed E-state index contributed by atoms with van der Waals surface area (Å²) in [5, 5.41) is 32.9. The first-order valence-corrected chi connectivity index (χ1v) is 11.2. The molecule has 2 aromatic heterocycles. The Morgan fingerprint density at radius 3 is 2.56 bits per heavy atom. The number of carbonyl (C=O) groups is 1. The zero-order valence-electron chi connectivity index (χ0n) is 18.5. The maximum absolute atomic E-state index is 12.7. The minimum atomic E-state index is -1.12. The van der Waals surface area contributed by atoms with E-state index in [1.165, 1.54) is 0 Å². The molecule has 10 heteroatoms. The number of aliphatic hydroxyl groups is 1. The number of rotatable bonds is 9. The van der Waals surface area contributed by atoms with Crippen molar-refractivity contribution in [3.8, 4) is 11.1 Å². The Hall–Kier alpha value is -3.56. The number of aliphatic hydroxyl groups excluding tert-OH is 1. The summed E-state index contributed by atoms with van der Waals surface area (Å²) in [6, 6.07) is 12.7. The van der Waals surface area contributed by atoms with Crippen LogP contribution in [0.5, 0.6) is 0 Å². The summed E-state index contributed by atoms with van der Waals surface area (Å²) in [5.41, 5.74) is 2.93. The molecule has 2 N–H and O–H groups in total. The number of nitrogens with zero attached hydrogens (tertiary/aromatic N) is 5. The first-order chi connectivity index (χ1) is 16.3. The molecule has 2 atom stereocenters. The van der Waals surface area contributed by atoms with Gasteiger partial charge in [0.1, 0.15) is 5.52 Å². The van der Waals surface area contributed by atoms with E-state index in [1.54, 1.807) is 29.1 Å². The van der Waals surface area contributed by atoms with Gasteiger partial charge in [-0.1, -0.05) is 47.1 Å². The van der Waals surface area contributed by atoms with Gasteiger partial charge in [0.15, 0.2) is 0 Å². The number of carboxylic acid groups (broad SMARTS) is 1. The van der Waals surface area contributed by atoms with Crippen LogP contribution in [0.1, 0.15) is 18.4 Å². The standard InChI is InChI=1S/C24H24ClN5O4/c1-29-14-17(13-26-29)16-8-5-15(6-9-16)7-10-21(31)18(24(33)34)11-12-30-23(32)19-3-2-4-20(25)22(19)27-28-30/h2-6,8-9,13-14,18,21,31H,7,10-12H2,1H3,(H,33,34)/t18-,21+/m0/s1. The molecule has 2 aromatic carbocycles. The molecule has 0 saturated heterocycles. The zero-order valence-corrected chi connectivity index (χ0v) is 19.3. The lowest BCUT2D eigenvalue weighted by Gasteiger charge is -2.19. The van der Waals surface area contributed by atoms with Crippen molar-refractivity contribution >= 4 is 28.5 Å². The predicted octanol–water partition coefficient (Wildman–Crippen LogP) is 2.93. The van der Waals surface area contributed by atoms with Crippen molar-refractivity contribution in [3.63, 3.8) is 0 Å². The van der Waals surface area contributed by atoms with Gasteiger partial charge in [0.2, 0.25) is 0 Å². The van der Waals surface area contributed by atoms with Crippen LogP contribution in [0.3, 0.4) is 0 Å². The Morgan fingerprint density at radius 1 is 1.12 bits per heavy atom. The summed E-state index contributed by atoms with van der Waals surface area (Å²) >= 11 is 6.05. The van der Waals surface area contributed by atoms with Crippen LogP contribution >= 0.6 is 11.6 Å². The number of fused-ring (bicyclic) bond motifs is 1. The molecule has 2 heterocycles. The molecular weight excluding hydrogens is 458 g/mol. The van der Waals surface area contributed by atoms with Crippen LogP contribution in [0, 0.1) is 5.92 Å². The lowest BCUT2D eigenvalue weighted by molar-refractivity contribution is -0.146. The third-order valence-electron chi connectivity index (χ3n) is 5.86. The van der Waals surface area contributed by atoms with E-state index >= 15 is 0 Å². The van der Waals surface area contributed by atoms with Gasteiger partial charge in [-0.3, -0.25) is 14.3 Å². The number of aromatic nitrogens is 5. The Morgan fingerprint density at radius 2 is 1.88 bits per heavy atom. The fraction of sp³-hybridized carbons (Fsp3) is 0.292. The average Bonchev–Trinajstić information content (AvgIpc) is 3.26. The second-order valence-electron chi connectivity index (χ2n) is 8.19. The van der Waals surface area contributed by atoms with Crippen molar-refractivity contribution in [1.29, 1.82) is 0 Å². The van der Waals surface area contributed by atoms with Crippen molar-refractivity contribution in [2.75, 3.05) is 0 Å². The molecule has 0 amide bonds. The number of aryl methyl sites for hydroxylation is 3. The number of aliphatic carboxylic acids is 1. The number of carboxylic acids is 1. The lowest BCUT2D eigenvalue weighted by atomic mass is 9.93. The summed E-state index contributed by atoms with van der Waals surface area (Å²) in [4.78, 5) is 24.5. The highest BCUT2D eigenvalue weighted by Crippen LogP contribution is 2.21. The molecular formula is C24H24ClN5O4. The topological polar surface area (TPSA) is 123 Å². The van der Waals surface area contributed by atoms with E-state index in [9.17, 15) is 19.8 Å². The quantitative estimate of drug-likeness (QED) is 0.376. The number of halogens is 1. The number of hydrogen-bond donors (Lipinski definition) is 2. The van der Waals surface area contributed by atoms with Gasteiger partial charge in [0.05, 0.1) is 28.6 Å². The average molecular weight is 482 g/mol. The van der Waals surface area contributed by atoms with Crippen LogP contribution in [0.25, 0.3) is 22.0 Å². The molecule has 0 saturated carbocycles. The van der Waals surface area contributed by atoms with Crippen molar-refractivity contribution < 1.29 is 15.0 Å². The highest BCUT2D eigenvalue weighted by Gasteiger charge is 2.26. The molecule has 4 rings (SSSR count). The third-order valence-corrected chi connectivity index (χ3v) is 6.16. The maximum atomic E-state index is 12.7. The Balaban J connectivity index is 1.39. The van der Waals surface area contributed by atoms with Crippen molar-refractivity contribution in [1.82, 2.24) is 24.8 Å². The fourth-order valence-electron chi connectivity index (χ4n) is 3.91. The van der Waals surface area contributed by atoms with Gasteiger partial charge >= 0.3 is 5.97 Å². The molecule has 0 aliphatic rings. The van der Waals surface area contributed by atoms with Gasteiger partial charge in [0, 0.05) is 25.4 Å². The van der Waals surface area contributed by atoms with Gasteiger partial charge in [0.25, 0.3) is 5.56 Å². The van der Waals surface area contributed by atoms with Crippen LogP contribution < -0.4 is 5.56 Å². The Bertz CT molecular complexity index is 1370. The van der Waals surface area contributed by atoms with Crippen LogP contribution in [0.2, 0.25) is 5.02 Å². The van der Waals surface area contributed by atoms with Crippen molar-refractivity contribution in [3.05, 3.63) is 75.8 Å². The van der Waals surface area contributed by atoms with E-state index in [4.69, 9.17) is 11.6 Å². The third kappa shape index (κ3) is 5.16. The van der Waals surface area contributed by atoms with Gasteiger partial charge in [-0.05, 0) is 42.5 Å². The monoisotopic (exact) mass is 481 g/mol. The van der Waals surface area contributed by atoms with Crippen LogP contribution in [0.15, 0.2) is 59.7 Å². The molecule has 0 aliphatic carbocycles. The van der Waals surface area contributed by atoms with E-state index in [1.807, 2.05) is 37.5 Å². The van der Waals surface area contributed by atoms with Gasteiger partial charge in [-0.25, -0.2) is 4.68 Å². The first-order valence-electron chi connectivity index (χ1n) is 10.8. The maximum Gasteiger partial charge on any atom is 0.309 e. The highest BCUT2D eigenvalue weighted by atomic mass is 35.5. The van der Waals surface area contributed by atoms with Crippen molar-refractivity contribution in [2.45, 2.75) is 31.9 Å². The second kappa shape index (κ2) is 10.1. The summed E-state index contributed by atoms with van der Waals surface area (Å²) in [7, 11) is 1.86. The second-order valence-corrected chi connectivity index (χ2v) is 8.60. The minimum absolute atomic E-state index is 0.0160. The van der Waals surface area contributed by atoms with E-state index in [0.717, 1.165) is 21.4 Å². The molecule has 0 bridgehead atoms. The molecule has 0 unspecified atom stereocenters. The van der Waals surface area contributed by atoms with Crippen LogP contribution in [-0.4, -0.2) is 47.1 Å². The van der Waals surface area contributed by atoms with Crippen LogP contribution in [0.4, 0.5) is 0 Å². The molecule has 0 fully saturated rings. The molecule has 176 valence electrons. The lowest BCUT2D eigenvalue weighted by Crippen LogP contribution is -2.32. The smallest absolute Gasteiger partial charge is 0.309 e. The van der Waals surface area contributed by atoms with Gasteiger partial charge in [-0.2, -0.15) is 5.10 Å². The van der Waals surface area contributed by atoms with E-state index < -0.39 is 23.6 Å². The number of benzene rings is 2. The largest absolute Gasteiger partial charge is 0.481 e. The Labute approximate surface area is 200 Å². The Kier molecular flexibility index (Phi) is 7.04. The normalized spacial score (nSPS) is 13.1. The molecule has 4 aromatic rings.